The van der Waals surface area contributed by atoms with E-state index in [0.29, 0.717) is 38.4 Å². The Morgan fingerprint density at radius 3 is 2.34 bits per heavy atom. The summed E-state index contributed by atoms with van der Waals surface area (Å²) in [5.74, 6) is 1.60. The summed E-state index contributed by atoms with van der Waals surface area (Å²) >= 11 is 0. The van der Waals surface area contributed by atoms with Gasteiger partial charge in [0.15, 0.2) is 5.82 Å². The molecular formula is C32H33N5O4. The van der Waals surface area contributed by atoms with Crippen LogP contribution < -0.4 is 9.47 Å². The highest BCUT2D eigenvalue weighted by atomic mass is 16.5. The molecule has 5 rings (SSSR count). The largest absolute Gasteiger partial charge is 0.494 e. The van der Waals surface area contributed by atoms with Crippen LogP contribution in [0.1, 0.15) is 48.2 Å². The van der Waals surface area contributed by atoms with Crippen molar-refractivity contribution in [1.82, 2.24) is 25.2 Å². The first-order valence-corrected chi connectivity index (χ1v) is 13.8. The molecule has 0 saturated carbocycles. The highest BCUT2D eigenvalue weighted by Gasteiger charge is 2.13. The summed E-state index contributed by atoms with van der Waals surface area (Å²) < 4.78 is 13.8. The van der Waals surface area contributed by atoms with Crippen molar-refractivity contribution in [1.29, 1.82) is 0 Å². The maximum atomic E-state index is 11.0. The summed E-state index contributed by atoms with van der Waals surface area (Å²) in [5, 5.41) is 24.4. The van der Waals surface area contributed by atoms with E-state index in [9.17, 15) is 4.79 Å². The van der Waals surface area contributed by atoms with Crippen LogP contribution in [0.5, 0.6) is 11.5 Å². The number of benzene rings is 3. The maximum Gasteiger partial charge on any atom is 0.303 e. The van der Waals surface area contributed by atoms with Crippen molar-refractivity contribution in [3.63, 3.8) is 0 Å². The average Bonchev–Trinajstić information content (AvgIpc) is 3.63. The van der Waals surface area contributed by atoms with Gasteiger partial charge in [-0.1, -0.05) is 60.7 Å². The van der Waals surface area contributed by atoms with Crippen LogP contribution in [0.25, 0.3) is 23.1 Å². The number of rotatable bonds is 15. The van der Waals surface area contributed by atoms with E-state index in [1.807, 2.05) is 60.7 Å². The van der Waals surface area contributed by atoms with Crippen molar-refractivity contribution in [3.8, 4) is 11.5 Å². The number of para-hydroxylation sites is 2. The number of carbonyl (C=O) groups is 1. The Bertz CT molecular complexity index is 1560. The minimum atomic E-state index is -0.782. The van der Waals surface area contributed by atoms with E-state index >= 15 is 0 Å². The van der Waals surface area contributed by atoms with Crippen LogP contribution in [-0.4, -0.2) is 49.5 Å². The maximum absolute atomic E-state index is 11.0. The summed E-state index contributed by atoms with van der Waals surface area (Å²) in [4.78, 5) is 11.0. The summed E-state index contributed by atoms with van der Waals surface area (Å²) in [6.45, 7) is 1.80. The number of hydrogen-bond donors (Lipinski definition) is 2. The van der Waals surface area contributed by atoms with Gasteiger partial charge in [-0.15, -0.1) is 5.10 Å². The lowest BCUT2D eigenvalue weighted by Gasteiger charge is -2.08. The van der Waals surface area contributed by atoms with Gasteiger partial charge in [-0.3, -0.25) is 4.79 Å². The monoisotopic (exact) mass is 551 g/mol. The molecule has 9 nitrogen and oxygen atoms in total. The normalized spacial score (nSPS) is 11.3. The Labute approximate surface area is 238 Å². The summed E-state index contributed by atoms with van der Waals surface area (Å²) in [5.41, 5.74) is 4.28. The predicted molar refractivity (Wildman–Crippen MR) is 158 cm³/mol. The Kier molecular flexibility index (Phi) is 9.39. The average molecular weight is 552 g/mol. The second-order valence-electron chi connectivity index (χ2n) is 9.74. The lowest BCUT2D eigenvalue weighted by molar-refractivity contribution is -0.137. The fourth-order valence-corrected chi connectivity index (χ4v) is 4.72. The molecule has 3 aromatic carbocycles. The molecule has 210 valence electrons. The van der Waals surface area contributed by atoms with Crippen molar-refractivity contribution in [2.45, 2.75) is 38.6 Å². The number of ether oxygens (including phenoxy) is 2. The van der Waals surface area contributed by atoms with Gasteiger partial charge in [-0.2, -0.15) is 0 Å². The van der Waals surface area contributed by atoms with Gasteiger partial charge in [-0.25, -0.2) is 5.10 Å². The number of carboxylic acids is 1. The van der Waals surface area contributed by atoms with Crippen LogP contribution in [0.3, 0.4) is 0 Å². The number of aromatic nitrogens is 5. The third-order valence-corrected chi connectivity index (χ3v) is 6.71. The van der Waals surface area contributed by atoms with Gasteiger partial charge in [-0.05, 0) is 77.1 Å². The van der Waals surface area contributed by atoms with E-state index < -0.39 is 5.97 Å². The molecule has 0 atom stereocenters. The molecule has 0 aliphatic carbocycles. The third-order valence-electron chi connectivity index (χ3n) is 6.71. The van der Waals surface area contributed by atoms with E-state index in [0.717, 1.165) is 51.9 Å². The minimum absolute atomic E-state index is 0.140. The molecule has 0 fully saturated rings. The zero-order chi connectivity index (χ0) is 28.3. The number of H-pyrrole nitrogens is 1. The predicted octanol–water partition coefficient (Wildman–Crippen LogP) is 6.02. The summed E-state index contributed by atoms with van der Waals surface area (Å²) in [7, 11) is 0. The second kappa shape index (κ2) is 13.9. The van der Waals surface area contributed by atoms with Crippen LogP contribution in [0.15, 0.2) is 79.0 Å². The number of unbranched alkanes of at least 4 members (excludes halogenated alkanes) is 1. The van der Waals surface area contributed by atoms with Crippen LogP contribution in [-0.2, 0) is 17.8 Å². The molecule has 0 spiro atoms. The van der Waals surface area contributed by atoms with E-state index in [1.165, 1.54) is 0 Å². The Hall–Kier alpha value is -4.92. The number of carboxylic acid groups (broad SMARTS) is 1. The van der Waals surface area contributed by atoms with Crippen LogP contribution in [0, 0.1) is 0 Å². The van der Waals surface area contributed by atoms with E-state index in [2.05, 4.69) is 55.7 Å². The van der Waals surface area contributed by atoms with Gasteiger partial charge >= 0.3 is 5.97 Å². The number of tetrazole rings is 1. The van der Waals surface area contributed by atoms with Crippen molar-refractivity contribution in [2.24, 2.45) is 0 Å². The molecule has 41 heavy (non-hydrogen) atoms. The molecule has 0 amide bonds. The summed E-state index contributed by atoms with van der Waals surface area (Å²) in [6.07, 6.45) is 9.50. The Morgan fingerprint density at radius 1 is 0.878 bits per heavy atom. The molecule has 0 saturated heterocycles. The zero-order valence-electron chi connectivity index (χ0n) is 22.8. The van der Waals surface area contributed by atoms with E-state index in [1.54, 1.807) is 0 Å². The van der Waals surface area contributed by atoms with Crippen LogP contribution >= 0.6 is 0 Å². The molecule has 0 aliphatic heterocycles. The first-order chi connectivity index (χ1) is 20.2. The smallest absolute Gasteiger partial charge is 0.303 e. The van der Waals surface area contributed by atoms with Gasteiger partial charge in [0.2, 0.25) is 0 Å². The molecular weight excluding hydrogens is 518 g/mol. The lowest BCUT2D eigenvalue weighted by Crippen LogP contribution is -2.02. The Morgan fingerprint density at radius 2 is 1.63 bits per heavy atom. The Balaban J connectivity index is 1.21. The minimum Gasteiger partial charge on any atom is -0.494 e. The topological polar surface area (TPSA) is 115 Å². The number of aryl methyl sites for hydroxylation is 1. The van der Waals surface area contributed by atoms with Crippen molar-refractivity contribution < 1.29 is 19.4 Å². The van der Waals surface area contributed by atoms with E-state index in [4.69, 9.17) is 14.6 Å². The molecule has 2 N–H and O–H groups in total. The van der Waals surface area contributed by atoms with Crippen molar-refractivity contribution in [2.75, 3.05) is 13.2 Å². The number of hydrogen-bond acceptors (Lipinski definition) is 6. The van der Waals surface area contributed by atoms with Crippen molar-refractivity contribution in [3.05, 3.63) is 102 Å². The molecule has 0 bridgehead atoms. The first-order valence-electron chi connectivity index (χ1n) is 13.8. The molecule has 0 radical (unpaired) electrons. The van der Waals surface area contributed by atoms with Crippen LogP contribution in [0.4, 0.5) is 0 Å². The van der Waals surface area contributed by atoms with Gasteiger partial charge in [0.25, 0.3) is 0 Å². The second-order valence-corrected chi connectivity index (χ2v) is 9.74. The molecule has 0 unspecified atom stereocenters. The quantitative estimate of drug-likeness (QED) is 0.121. The lowest BCUT2D eigenvalue weighted by atomic mass is 10.0. The molecule has 2 aromatic heterocycles. The zero-order valence-corrected chi connectivity index (χ0v) is 22.8. The fourth-order valence-electron chi connectivity index (χ4n) is 4.72. The van der Waals surface area contributed by atoms with Crippen LogP contribution in [0.2, 0.25) is 0 Å². The highest BCUT2D eigenvalue weighted by molar-refractivity contribution is 5.93. The molecule has 2 heterocycles. The van der Waals surface area contributed by atoms with Crippen molar-refractivity contribution >= 4 is 29.0 Å². The molecule has 0 aliphatic rings. The highest BCUT2D eigenvalue weighted by Crippen LogP contribution is 2.28. The number of aromatic amines is 1. The molecule has 5 aromatic rings. The van der Waals surface area contributed by atoms with Gasteiger partial charge < -0.3 is 19.1 Å². The molecule has 9 heteroatoms. The SMILES string of the molecule is O=C(O)CCCc1cn(Cc2nnn[nH]2)c2c(C=Cc3ccc(OCCCCOc4ccccc4)cc3)cccc12. The number of nitrogens with one attached hydrogen (secondary N) is 1. The summed E-state index contributed by atoms with van der Waals surface area (Å²) in [6, 6.07) is 24.1. The van der Waals surface area contributed by atoms with Gasteiger partial charge in [0.1, 0.15) is 11.5 Å². The number of fused-ring (bicyclic) bond motifs is 1. The fraction of sp³-hybridized carbons (Fsp3) is 0.250. The van der Waals surface area contributed by atoms with Gasteiger partial charge in [0.05, 0.1) is 25.3 Å². The number of nitrogens with zero attached hydrogens (tertiary/aromatic N) is 4. The first kappa shape index (κ1) is 27.6. The van der Waals surface area contributed by atoms with E-state index in [-0.39, 0.29) is 6.42 Å². The third kappa shape index (κ3) is 7.82. The standard InChI is InChI=1S/C32H33N5O4/c38-31(39)13-7-9-26-22-37(23-30-33-35-36-34-30)32-25(8-6-12-29(26)32)17-14-24-15-18-28(19-16-24)41-21-5-4-20-40-27-10-2-1-3-11-27/h1-3,6,8,10-12,14-19,22H,4-5,7,9,13,20-21,23H2,(H,38,39)(H,33,34,35,36). The van der Waals surface area contributed by atoms with Gasteiger partial charge in [0, 0.05) is 18.0 Å². The number of aliphatic carboxylic acids is 1.